The Hall–Kier alpha value is -0.530. The van der Waals surface area contributed by atoms with Crippen molar-refractivity contribution in [3.8, 4) is 0 Å². The zero-order valence-electron chi connectivity index (χ0n) is 9.55. The van der Waals surface area contributed by atoms with Crippen LogP contribution in [0.2, 0.25) is 0 Å². The fourth-order valence-electron chi connectivity index (χ4n) is 2.61. The predicted octanol–water partition coefficient (Wildman–Crippen LogP) is 2.29. The van der Waals surface area contributed by atoms with Crippen LogP contribution in [0.3, 0.4) is 0 Å². The molecule has 1 saturated carbocycles. The molecule has 0 aromatic heterocycles. The maximum atomic E-state index is 12.2. The highest BCUT2D eigenvalue weighted by Gasteiger charge is 2.54. The van der Waals surface area contributed by atoms with Crippen molar-refractivity contribution in [2.45, 2.75) is 40.0 Å². The number of rotatable bonds is 2. The van der Waals surface area contributed by atoms with Gasteiger partial charge in [-0.15, -0.1) is 0 Å². The summed E-state index contributed by atoms with van der Waals surface area (Å²) in [6.45, 7) is 8.60. The summed E-state index contributed by atoms with van der Waals surface area (Å²) >= 11 is 0. The standard InChI is InChI=1S/C12H21NO/c1-9(2)12(5-6-12)11(14)13-7-4-10(3)8-13/h9-10H,4-8H2,1-3H3. The highest BCUT2D eigenvalue weighted by atomic mass is 16.2. The summed E-state index contributed by atoms with van der Waals surface area (Å²) in [5.74, 6) is 1.67. The summed E-state index contributed by atoms with van der Waals surface area (Å²) in [4.78, 5) is 14.3. The van der Waals surface area contributed by atoms with Gasteiger partial charge in [-0.25, -0.2) is 0 Å². The maximum Gasteiger partial charge on any atom is 0.229 e. The number of nitrogens with zero attached hydrogens (tertiary/aromatic N) is 1. The topological polar surface area (TPSA) is 20.3 Å². The van der Waals surface area contributed by atoms with Crippen LogP contribution in [0.5, 0.6) is 0 Å². The lowest BCUT2D eigenvalue weighted by Gasteiger charge is -2.25. The van der Waals surface area contributed by atoms with E-state index >= 15 is 0 Å². The molecule has 2 heteroatoms. The van der Waals surface area contributed by atoms with E-state index in [2.05, 4.69) is 25.7 Å². The second-order valence-electron chi connectivity index (χ2n) is 5.46. The fraction of sp³-hybridized carbons (Fsp3) is 0.917. The van der Waals surface area contributed by atoms with Crippen LogP contribution in [0, 0.1) is 17.3 Å². The van der Waals surface area contributed by atoms with Gasteiger partial charge in [0.15, 0.2) is 0 Å². The van der Waals surface area contributed by atoms with Crippen LogP contribution in [0.4, 0.5) is 0 Å². The number of carbonyl (C=O) groups is 1. The van der Waals surface area contributed by atoms with E-state index in [1.807, 2.05) is 0 Å². The first kappa shape index (κ1) is 10.0. The van der Waals surface area contributed by atoms with E-state index in [9.17, 15) is 4.79 Å². The average Bonchev–Trinajstić information content (AvgIpc) is 2.84. The first-order valence-electron chi connectivity index (χ1n) is 5.85. The van der Waals surface area contributed by atoms with Crippen LogP contribution in [0.15, 0.2) is 0 Å². The van der Waals surface area contributed by atoms with Gasteiger partial charge in [0.1, 0.15) is 0 Å². The van der Waals surface area contributed by atoms with Crippen LogP contribution >= 0.6 is 0 Å². The second kappa shape index (κ2) is 3.25. The van der Waals surface area contributed by atoms with Gasteiger partial charge in [0, 0.05) is 13.1 Å². The van der Waals surface area contributed by atoms with Crippen LogP contribution in [-0.2, 0) is 4.79 Å². The smallest absolute Gasteiger partial charge is 0.229 e. The normalized spacial score (nSPS) is 29.7. The van der Waals surface area contributed by atoms with Gasteiger partial charge < -0.3 is 4.90 Å². The third-order valence-corrected chi connectivity index (χ3v) is 4.03. The average molecular weight is 195 g/mol. The zero-order valence-corrected chi connectivity index (χ0v) is 9.55. The lowest BCUT2D eigenvalue weighted by atomic mass is 9.91. The molecule has 2 fully saturated rings. The Balaban J connectivity index is 2.02. The number of carbonyl (C=O) groups excluding carboxylic acids is 1. The SMILES string of the molecule is CC1CCN(C(=O)C2(C(C)C)CC2)C1. The monoisotopic (exact) mass is 195 g/mol. The maximum absolute atomic E-state index is 12.2. The van der Waals surface area contributed by atoms with Crippen molar-refractivity contribution in [1.82, 2.24) is 4.90 Å². The molecule has 0 radical (unpaired) electrons. The minimum absolute atomic E-state index is 0.0457. The Morgan fingerprint density at radius 1 is 1.43 bits per heavy atom. The first-order chi connectivity index (χ1) is 6.56. The van der Waals surface area contributed by atoms with Gasteiger partial charge in [-0.1, -0.05) is 20.8 Å². The first-order valence-corrected chi connectivity index (χ1v) is 5.85. The van der Waals surface area contributed by atoms with E-state index in [0.717, 1.165) is 25.9 Å². The molecule has 14 heavy (non-hydrogen) atoms. The molecule has 1 amide bonds. The molecular formula is C12H21NO. The van der Waals surface area contributed by atoms with Gasteiger partial charge in [-0.05, 0) is 31.1 Å². The molecular weight excluding hydrogens is 174 g/mol. The summed E-state index contributed by atoms with van der Waals surface area (Å²) in [5.41, 5.74) is 0.0457. The molecule has 0 spiro atoms. The summed E-state index contributed by atoms with van der Waals surface area (Å²) in [7, 11) is 0. The van der Waals surface area contributed by atoms with E-state index in [0.29, 0.717) is 17.7 Å². The lowest BCUT2D eigenvalue weighted by Crippen LogP contribution is -2.37. The van der Waals surface area contributed by atoms with Crippen molar-refractivity contribution in [3.63, 3.8) is 0 Å². The molecule has 2 rings (SSSR count). The predicted molar refractivity (Wildman–Crippen MR) is 56.9 cm³/mol. The summed E-state index contributed by atoms with van der Waals surface area (Å²) in [5, 5.41) is 0. The summed E-state index contributed by atoms with van der Waals surface area (Å²) in [6.07, 6.45) is 3.43. The minimum atomic E-state index is 0.0457. The van der Waals surface area contributed by atoms with Crippen molar-refractivity contribution >= 4 is 5.91 Å². The van der Waals surface area contributed by atoms with E-state index in [-0.39, 0.29) is 5.41 Å². The van der Waals surface area contributed by atoms with Crippen LogP contribution in [-0.4, -0.2) is 23.9 Å². The number of likely N-dealkylation sites (tertiary alicyclic amines) is 1. The quantitative estimate of drug-likeness (QED) is 0.662. The fourth-order valence-corrected chi connectivity index (χ4v) is 2.61. The van der Waals surface area contributed by atoms with Gasteiger partial charge in [0.2, 0.25) is 5.91 Å². The van der Waals surface area contributed by atoms with E-state index in [4.69, 9.17) is 0 Å². The molecule has 0 aromatic carbocycles. The lowest BCUT2D eigenvalue weighted by molar-refractivity contribution is -0.137. The third kappa shape index (κ3) is 1.45. The molecule has 1 atom stereocenters. The van der Waals surface area contributed by atoms with Crippen LogP contribution in [0.25, 0.3) is 0 Å². The van der Waals surface area contributed by atoms with Crippen molar-refractivity contribution in [2.75, 3.05) is 13.1 Å². The summed E-state index contributed by atoms with van der Waals surface area (Å²) in [6, 6.07) is 0. The van der Waals surface area contributed by atoms with Crippen molar-refractivity contribution in [2.24, 2.45) is 17.3 Å². The molecule has 0 N–H and O–H groups in total. The van der Waals surface area contributed by atoms with Gasteiger partial charge in [-0.2, -0.15) is 0 Å². The molecule has 1 saturated heterocycles. The molecule has 0 aromatic rings. The second-order valence-corrected chi connectivity index (χ2v) is 5.46. The molecule has 2 nitrogen and oxygen atoms in total. The number of hydrogen-bond donors (Lipinski definition) is 0. The molecule has 2 aliphatic rings. The molecule has 1 unspecified atom stereocenters. The third-order valence-electron chi connectivity index (χ3n) is 4.03. The molecule has 0 bridgehead atoms. The minimum Gasteiger partial charge on any atom is -0.342 e. The van der Waals surface area contributed by atoms with Gasteiger partial charge in [-0.3, -0.25) is 4.79 Å². The van der Waals surface area contributed by atoms with E-state index < -0.39 is 0 Å². The van der Waals surface area contributed by atoms with Gasteiger partial charge in [0.25, 0.3) is 0 Å². The van der Waals surface area contributed by atoms with Gasteiger partial charge in [0.05, 0.1) is 5.41 Å². The van der Waals surface area contributed by atoms with Crippen LogP contribution in [0.1, 0.15) is 40.0 Å². The Labute approximate surface area is 86.7 Å². The van der Waals surface area contributed by atoms with Crippen molar-refractivity contribution < 1.29 is 4.79 Å². The van der Waals surface area contributed by atoms with Gasteiger partial charge >= 0.3 is 0 Å². The Kier molecular flexibility index (Phi) is 2.32. The van der Waals surface area contributed by atoms with Crippen LogP contribution < -0.4 is 0 Å². The Bertz CT molecular complexity index is 243. The number of hydrogen-bond acceptors (Lipinski definition) is 1. The van der Waals surface area contributed by atoms with Crippen molar-refractivity contribution in [1.29, 1.82) is 0 Å². The largest absolute Gasteiger partial charge is 0.342 e. The van der Waals surface area contributed by atoms with E-state index in [1.54, 1.807) is 0 Å². The Morgan fingerprint density at radius 2 is 2.07 bits per heavy atom. The van der Waals surface area contributed by atoms with Crippen molar-refractivity contribution in [3.05, 3.63) is 0 Å². The highest BCUT2D eigenvalue weighted by Crippen LogP contribution is 2.53. The number of amides is 1. The molecule has 1 heterocycles. The molecule has 1 aliphatic carbocycles. The molecule has 80 valence electrons. The highest BCUT2D eigenvalue weighted by molar-refractivity contribution is 5.85. The van der Waals surface area contributed by atoms with E-state index in [1.165, 1.54) is 6.42 Å². The zero-order chi connectivity index (χ0) is 10.3. The Morgan fingerprint density at radius 3 is 2.43 bits per heavy atom. The summed E-state index contributed by atoms with van der Waals surface area (Å²) < 4.78 is 0. The molecule has 1 aliphatic heterocycles.